The normalized spacial score (nSPS) is 20.2. The highest BCUT2D eigenvalue weighted by Gasteiger charge is 2.31. The van der Waals surface area contributed by atoms with E-state index in [2.05, 4.69) is 20.9 Å². The minimum atomic E-state index is -3.55. The molecule has 0 amide bonds. The summed E-state index contributed by atoms with van der Waals surface area (Å²) in [4.78, 5) is 4.31. The van der Waals surface area contributed by atoms with E-state index in [1.807, 2.05) is 31.2 Å². The molecule has 1 aromatic heterocycles. The lowest BCUT2D eigenvalue weighted by atomic mass is 10.2. The van der Waals surface area contributed by atoms with Gasteiger partial charge in [-0.15, -0.1) is 11.3 Å². The maximum absolute atomic E-state index is 12.6. The Morgan fingerprint density at radius 3 is 2.77 bits per heavy atom. The molecular weight excluding hydrogens is 388 g/mol. The lowest BCUT2D eigenvalue weighted by Crippen LogP contribution is -2.44. The van der Waals surface area contributed by atoms with Crippen LogP contribution in [-0.4, -0.2) is 43.5 Å². The first kappa shape index (κ1) is 16.1. The van der Waals surface area contributed by atoms with Gasteiger partial charge in [0, 0.05) is 28.5 Å². The number of thiazole rings is 1. The Balaban J connectivity index is 1.87. The van der Waals surface area contributed by atoms with Gasteiger partial charge in [0.05, 0.1) is 12.7 Å². The van der Waals surface area contributed by atoms with Crippen LogP contribution in [0.5, 0.6) is 0 Å². The van der Waals surface area contributed by atoms with Gasteiger partial charge < -0.3 is 4.74 Å². The van der Waals surface area contributed by atoms with Crippen molar-refractivity contribution in [1.29, 1.82) is 0 Å². The number of nitrogens with zero attached hydrogens (tertiary/aromatic N) is 2. The SMILES string of the molecule is C[C@H]1CN(S(=O)(=O)c2csc(-c3ccc(Br)cc3)n2)CCO1. The van der Waals surface area contributed by atoms with Crippen molar-refractivity contribution in [2.24, 2.45) is 0 Å². The molecule has 118 valence electrons. The largest absolute Gasteiger partial charge is 0.376 e. The van der Waals surface area contributed by atoms with E-state index < -0.39 is 10.0 Å². The number of ether oxygens (including phenoxy) is 1. The zero-order valence-electron chi connectivity index (χ0n) is 11.9. The van der Waals surface area contributed by atoms with Crippen molar-refractivity contribution in [2.75, 3.05) is 19.7 Å². The number of benzene rings is 1. The summed E-state index contributed by atoms with van der Waals surface area (Å²) in [5.74, 6) is 0. The van der Waals surface area contributed by atoms with E-state index in [0.717, 1.165) is 10.0 Å². The summed E-state index contributed by atoms with van der Waals surface area (Å²) in [6, 6.07) is 7.65. The first-order valence-corrected chi connectivity index (χ1v) is 9.91. The summed E-state index contributed by atoms with van der Waals surface area (Å²) in [5, 5.41) is 2.42. The Hall–Kier alpha value is -0.800. The van der Waals surface area contributed by atoms with E-state index in [9.17, 15) is 8.42 Å². The third-order valence-corrected chi connectivity index (χ3v) is 6.70. The number of hydrogen-bond acceptors (Lipinski definition) is 5. The molecule has 0 bridgehead atoms. The molecule has 0 N–H and O–H groups in total. The van der Waals surface area contributed by atoms with Gasteiger partial charge in [-0.05, 0) is 19.1 Å². The standard InChI is InChI=1S/C14H15BrN2O3S2/c1-10-8-17(6-7-20-10)22(18,19)13-9-21-14(16-13)11-2-4-12(15)5-3-11/h2-5,9-10H,6-8H2,1H3/t10-/m0/s1. The van der Waals surface area contributed by atoms with Gasteiger partial charge in [0.2, 0.25) is 0 Å². The molecule has 22 heavy (non-hydrogen) atoms. The van der Waals surface area contributed by atoms with Crippen molar-refractivity contribution in [1.82, 2.24) is 9.29 Å². The van der Waals surface area contributed by atoms with Gasteiger partial charge >= 0.3 is 0 Å². The van der Waals surface area contributed by atoms with Crippen LogP contribution in [0.1, 0.15) is 6.92 Å². The van der Waals surface area contributed by atoms with Crippen molar-refractivity contribution in [3.63, 3.8) is 0 Å². The third-order valence-electron chi connectivity index (χ3n) is 3.38. The van der Waals surface area contributed by atoms with Crippen LogP contribution in [-0.2, 0) is 14.8 Å². The molecule has 0 saturated carbocycles. The van der Waals surface area contributed by atoms with Crippen LogP contribution in [0.25, 0.3) is 10.6 Å². The lowest BCUT2D eigenvalue weighted by Gasteiger charge is -2.29. The number of halogens is 1. The van der Waals surface area contributed by atoms with E-state index in [4.69, 9.17) is 4.74 Å². The van der Waals surface area contributed by atoms with Crippen LogP contribution in [0.15, 0.2) is 39.1 Å². The molecule has 5 nitrogen and oxygen atoms in total. The van der Waals surface area contributed by atoms with Crippen molar-refractivity contribution < 1.29 is 13.2 Å². The quantitative estimate of drug-likeness (QED) is 0.791. The van der Waals surface area contributed by atoms with E-state index in [1.54, 1.807) is 5.38 Å². The number of sulfonamides is 1. The van der Waals surface area contributed by atoms with Crippen LogP contribution in [0, 0.1) is 0 Å². The molecular formula is C14H15BrN2O3S2. The topological polar surface area (TPSA) is 59.5 Å². The smallest absolute Gasteiger partial charge is 0.261 e. The summed E-state index contributed by atoms with van der Waals surface area (Å²) in [6.07, 6.45) is -0.0897. The molecule has 0 radical (unpaired) electrons. The second kappa shape index (κ2) is 6.37. The van der Waals surface area contributed by atoms with Gasteiger partial charge in [0.15, 0.2) is 5.03 Å². The molecule has 3 rings (SSSR count). The van der Waals surface area contributed by atoms with Gasteiger partial charge in [0.25, 0.3) is 10.0 Å². The van der Waals surface area contributed by atoms with Crippen molar-refractivity contribution in [3.05, 3.63) is 34.1 Å². The lowest BCUT2D eigenvalue weighted by molar-refractivity contribution is 0.0101. The molecule has 8 heteroatoms. The van der Waals surface area contributed by atoms with E-state index in [-0.39, 0.29) is 11.1 Å². The molecule has 2 aromatic rings. The predicted octanol–water partition coefficient (Wildman–Crippen LogP) is 2.98. The number of morpholine rings is 1. The Morgan fingerprint density at radius 1 is 1.36 bits per heavy atom. The Bertz CT molecular complexity index is 759. The van der Waals surface area contributed by atoms with E-state index >= 15 is 0 Å². The van der Waals surface area contributed by atoms with Crippen LogP contribution in [0.4, 0.5) is 0 Å². The van der Waals surface area contributed by atoms with Crippen molar-refractivity contribution in [2.45, 2.75) is 18.1 Å². The summed E-state index contributed by atoms with van der Waals surface area (Å²) >= 11 is 4.72. The van der Waals surface area contributed by atoms with Crippen LogP contribution in [0.2, 0.25) is 0 Å². The summed E-state index contributed by atoms with van der Waals surface area (Å²) < 4.78 is 33.1. The highest BCUT2D eigenvalue weighted by atomic mass is 79.9. The first-order chi connectivity index (χ1) is 10.5. The molecule has 2 heterocycles. The minimum absolute atomic E-state index is 0.0897. The fraction of sp³-hybridized carbons (Fsp3) is 0.357. The van der Waals surface area contributed by atoms with Gasteiger partial charge in [-0.2, -0.15) is 4.31 Å². The molecule has 1 saturated heterocycles. The predicted molar refractivity (Wildman–Crippen MR) is 89.4 cm³/mol. The fourth-order valence-corrected chi connectivity index (χ4v) is 5.07. The summed E-state index contributed by atoms with van der Waals surface area (Å²) in [5.41, 5.74) is 0.907. The van der Waals surface area contributed by atoms with Gasteiger partial charge in [-0.3, -0.25) is 0 Å². The maximum Gasteiger partial charge on any atom is 0.261 e. The van der Waals surface area contributed by atoms with Gasteiger partial charge in [0.1, 0.15) is 5.01 Å². The average Bonchev–Trinajstić information content (AvgIpc) is 2.98. The summed E-state index contributed by atoms with van der Waals surface area (Å²) in [6.45, 7) is 3.03. The van der Waals surface area contributed by atoms with Gasteiger partial charge in [-0.25, -0.2) is 13.4 Å². The number of aromatic nitrogens is 1. The van der Waals surface area contributed by atoms with Gasteiger partial charge in [-0.1, -0.05) is 28.1 Å². The molecule has 0 spiro atoms. The minimum Gasteiger partial charge on any atom is -0.376 e. The second-order valence-electron chi connectivity index (χ2n) is 5.04. The van der Waals surface area contributed by atoms with Crippen LogP contribution < -0.4 is 0 Å². The molecule has 0 unspecified atom stereocenters. The summed E-state index contributed by atoms with van der Waals surface area (Å²) in [7, 11) is -3.55. The molecule has 1 aliphatic heterocycles. The van der Waals surface area contributed by atoms with Crippen molar-refractivity contribution in [3.8, 4) is 10.6 Å². The Kier molecular flexibility index (Phi) is 4.65. The number of hydrogen-bond donors (Lipinski definition) is 0. The molecule has 1 atom stereocenters. The number of rotatable bonds is 3. The molecule has 0 aliphatic carbocycles. The third kappa shape index (κ3) is 3.26. The molecule has 1 aromatic carbocycles. The molecule has 1 fully saturated rings. The zero-order valence-corrected chi connectivity index (χ0v) is 15.1. The molecule has 1 aliphatic rings. The van der Waals surface area contributed by atoms with Crippen molar-refractivity contribution >= 4 is 37.3 Å². The first-order valence-electron chi connectivity index (χ1n) is 6.80. The van der Waals surface area contributed by atoms with Crippen LogP contribution >= 0.6 is 27.3 Å². The average molecular weight is 403 g/mol. The maximum atomic E-state index is 12.6. The Labute approximate surface area is 142 Å². The van der Waals surface area contributed by atoms with E-state index in [0.29, 0.717) is 24.7 Å². The van der Waals surface area contributed by atoms with E-state index in [1.165, 1.54) is 15.6 Å². The van der Waals surface area contributed by atoms with Crippen LogP contribution in [0.3, 0.4) is 0 Å². The Morgan fingerprint density at radius 2 is 2.09 bits per heavy atom. The fourth-order valence-electron chi connectivity index (χ4n) is 2.24. The highest BCUT2D eigenvalue weighted by molar-refractivity contribution is 9.10. The second-order valence-corrected chi connectivity index (χ2v) is 8.70. The monoisotopic (exact) mass is 402 g/mol. The zero-order chi connectivity index (χ0) is 15.7. The highest BCUT2D eigenvalue weighted by Crippen LogP contribution is 2.28.